The lowest BCUT2D eigenvalue weighted by Gasteiger charge is -2.39. The third-order valence-corrected chi connectivity index (χ3v) is 5.65. The van der Waals surface area contributed by atoms with Crippen LogP contribution in [0.5, 0.6) is 0 Å². The number of amides is 1. The van der Waals surface area contributed by atoms with E-state index >= 15 is 0 Å². The molecular weight excluding hydrogens is 326 g/mol. The summed E-state index contributed by atoms with van der Waals surface area (Å²) in [6.45, 7) is 6.84. The van der Waals surface area contributed by atoms with Crippen LogP contribution in [-0.2, 0) is 11.2 Å². The maximum atomic E-state index is 11.6. The van der Waals surface area contributed by atoms with Crippen LogP contribution < -0.4 is 10.6 Å². The van der Waals surface area contributed by atoms with Gasteiger partial charge in [-0.15, -0.1) is 0 Å². The zero-order chi connectivity index (χ0) is 17.3. The van der Waals surface area contributed by atoms with Gasteiger partial charge in [0.25, 0.3) is 0 Å². The van der Waals surface area contributed by atoms with Gasteiger partial charge in [-0.2, -0.15) is 0 Å². The quantitative estimate of drug-likeness (QED) is 0.839. The summed E-state index contributed by atoms with van der Waals surface area (Å²) in [6, 6.07) is 0.355. The van der Waals surface area contributed by atoms with Crippen molar-refractivity contribution in [2.45, 2.75) is 58.0 Å². The van der Waals surface area contributed by atoms with Crippen molar-refractivity contribution in [1.82, 2.24) is 14.9 Å². The highest BCUT2D eigenvalue weighted by Gasteiger charge is 2.36. The lowest BCUT2D eigenvalue weighted by atomic mass is 10.0. The van der Waals surface area contributed by atoms with Crippen LogP contribution in [0.25, 0.3) is 0 Å². The Bertz CT molecular complexity index is 615. The number of nitrogens with two attached hydrogens (primary N) is 1. The number of piperidine rings is 1. The zero-order valence-corrected chi connectivity index (χ0v) is 15.2. The highest BCUT2D eigenvalue weighted by molar-refractivity contribution is 6.30. The fourth-order valence-corrected chi connectivity index (χ4v) is 4.11. The van der Waals surface area contributed by atoms with Gasteiger partial charge in [-0.1, -0.05) is 18.5 Å². The van der Waals surface area contributed by atoms with Gasteiger partial charge in [0.05, 0.1) is 6.04 Å². The number of carbonyl (C=O) groups excluding carboxylic acids is 1. The van der Waals surface area contributed by atoms with Crippen molar-refractivity contribution in [2.24, 2.45) is 5.73 Å². The van der Waals surface area contributed by atoms with E-state index in [0.29, 0.717) is 11.2 Å². The molecule has 0 saturated carbocycles. The van der Waals surface area contributed by atoms with Gasteiger partial charge in [-0.05, 0) is 39.2 Å². The number of halogens is 1. The largest absolute Gasteiger partial charge is 0.368 e. The lowest BCUT2D eigenvalue weighted by molar-refractivity contribution is -0.123. The van der Waals surface area contributed by atoms with Gasteiger partial charge in [0, 0.05) is 31.1 Å². The summed E-state index contributed by atoms with van der Waals surface area (Å²) in [5.74, 6) is 1.56. The Morgan fingerprint density at radius 1 is 1.25 bits per heavy atom. The minimum Gasteiger partial charge on any atom is -0.368 e. The standard InChI is InChI=1S/C17H26ClN5O/c1-3-14-20-15(18)11(2)17(21-14)22-9-6-12(7-10-22)23-8-4-5-13(23)16(19)24/h12-13H,3-10H2,1-2H3,(H2,19,24). The first-order valence-corrected chi connectivity index (χ1v) is 9.22. The number of hydrogen-bond donors (Lipinski definition) is 1. The monoisotopic (exact) mass is 351 g/mol. The minimum absolute atomic E-state index is 0.0801. The third-order valence-electron chi connectivity index (χ3n) is 5.28. The number of nitrogens with zero attached hydrogens (tertiary/aromatic N) is 4. The highest BCUT2D eigenvalue weighted by atomic mass is 35.5. The van der Waals surface area contributed by atoms with Gasteiger partial charge in [-0.3, -0.25) is 9.69 Å². The van der Waals surface area contributed by atoms with Crippen LogP contribution in [0.4, 0.5) is 5.82 Å². The lowest BCUT2D eigenvalue weighted by Crippen LogP contribution is -2.50. The molecule has 7 heteroatoms. The summed E-state index contributed by atoms with van der Waals surface area (Å²) in [4.78, 5) is 25.3. The van der Waals surface area contributed by atoms with Crippen molar-refractivity contribution < 1.29 is 4.79 Å². The predicted molar refractivity (Wildman–Crippen MR) is 95.3 cm³/mol. The molecule has 0 spiro atoms. The Morgan fingerprint density at radius 3 is 2.58 bits per heavy atom. The maximum absolute atomic E-state index is 11.6. The average molecular weight is 352 g/mol. The topological polar surface area (TPSA) is 75.3 Å². The summed E-state index contributed by atoms with van der Waals surface area (Å²) in [7, 11) is 0. The molecule has 1 aromatic heterocycles. The van der Waals surface area contributed by atoms with Crippen LogP contribution in [0.2, 0.25) is 5.15 Å². The highest BCUT2D eigenvalue weighted by Crippen LogP contribution is 2.30. The number of aryl methyl sites for hydroxylation is 1. The number of aromatic nitrogens is 2. The average Bonchev–Trinajstić information content (AvgIpc) is 3.07. The number of anilines is 1. The smallest absolute Gasteiger partial charge is 0.234 e. The van der Waals surface area contributed by atoms with E-state index in [1.165, 1.54) is 0 Å². The fraction of sp³-hybridized carbons (Fsp3) is 0.706. The van der Waals surface area contributed by atoms with Crippen LogP contribution in [-0.4, -0.2) is 52.5 Å². The van der Waals surface area contributed by atoms with E-state index in [9.17, 15) is 4.79 Å². The van der Waals surface area contributed by atoms with Gasteiger partial charge in [-0.25, -0.2) is 9.97 Å². The molecule has 2 aliphatic heterocycles. The molecule has 0 radical (unpaired) electrons. The molecule has 132 valence electrons. The Hall–Kier alpha value is -1.40. The molecule has 2 fully saturated rings. The first-order chi connectivity index (χ1) is 11.5. The van der Waals surface area contributed by atoms with Crippen molar-refractivity contribution >= 4 is 23.3 Å². The Morgan fingerprint density at radius 2 is 1.96 bits per heavy atom. The second kappa shape index (κ2) is 7.23. The SMILES string of the molecule is CCc1nc(Cl)c(C)c(N2CCC(N3CCCC3C(N)=O)CC2)n1. The van der Waals surface area contributed by atoms with E-state index in [4.69, 9.17) is 17.3 Å². The van der Waals surface area contributed by atoms with Crippen LogP contribution in [0.15, 0.2) is 0 Å². The molecule has 6 nitrogen and oxygen atoms in total. The van der Waals surface area contributed by atoms with E-state index in [0.717, 1.165) is 68.9 Å². The van der Waals surface area contributed by atoms with Crippen LogP contribution >= 0.6 is 11.6 Å². The first-order valence-electron chi connectivity index (χ1n) is 8.84. The van der Waals surface area contributed by atoms with Crippen molar-refractivity contribution in [3.05, 3.63) is 16.5 Å². The second-order valence-electron chi connectivity index (χ2n) is 6.75. The molecule has 2 N–H and O–H groups in total. The van der Waals surface area contributed by atoms with Crippen molar-refractivity contribution in [3.63, 3.8) is 0 Å². The molecule has 1 aromatic rings. The molecular formula is C17H26ClN5O. The Labute approximate surface area is 148 Å². The van der Waals surface area contributed by atoms with Crippen molar-refractivity contribution in [1.29, 1.82) is 0 Å². The molecule has 0 aliphatic carbocycles. The number of likely N-dealkylation sites (tertiary alicyclic amines) is 1. The van der Waals surface area contributed by atoms with E-state index in [2.05, 4.69) is 19.8 Å². The van der Waals surface area contributed by atoms with Gasteiger partial charge in [0.2, 0.25) is 5.91 Å². The van der Waals surface area contributed by atoms with E-state index in [-0.39, 0.29) is 11.9 Å². The summed E-state index contributed by atoms with van der Waals surface area (Å²) < 4.78 is 0. The summed E-state index contributed by atoms with van der Waals surface area (Å²) in [5, 5.41) is 0.548. The van der Waals surface area contributed by atoms with Crippen LogP contribution in [0.3, 0.4) is 0 Å². The zero-order valence-electron chi connectivity index (χ0n) is 14.5. The number of carbonyl (C=O) groups is 1. The molecule has 0 aromatic carbocycles. The van der Waals surface area contributed by atoms with Gasteiger partial charge >= 0.3 is 0 Å². The number of hydrogen-bond acceptors (Lipinski definition) is 5. The third kappa shape index (κ3) is 3.35. The van der Waals surface area contributed by atoms with Gasteiger partial charge in [0.1, 0.15) is 16.8 Å². The fourth-order valence-electron chi connectivity index (χ4n) is 3.93. The second-order valence-corrected chi connectivity index (χ2v) is 7.11. The molecule has 2 aliphatic rings. The molecule has 3 rings (SSSR count). The predicted octanol–water partition coefficient (Wildman–Crippen LogP) is 1.92. The van der Waals surface area contributed by atoms with Crippen molar-refractivity contribution in [2.75, 3.05) is 24.5 Å². The Balaban J connectivity index is 1.69. The molecule has 24 heavy (non-hydrogen) atoms. The minimum atomic E-state index is -0.180. The summed E-state index contributed by atoms with van der Waals surface area (Å²) >= 11 is 6.27. The number of rotatable bonds is 4. The first kappa shape index (κ1) is 17.4. The summed E-state index contributed by atoms with van der Waals surface area (Å²) in [5.41, 5.74) is 6.51. The van der Waals surface area contributed by atoms with Gasteiger partial charge in [0.15, 0.2) is 0 Å². The summed E-state index contributed by atoms with van der Waals surface area (Å²) in [6.07, 6.45) is 4.78. The normalized spacial score (nSPS) is 23.0. The van der Waals surface area contributed by atoms with Gasteiger partial charge < -0.3 is 10.6 Å². The molecule has 2 saturated heterocycles. The molecule has 3 heterocycles. The van der Waals surface area contributed by atoms with E-state index in [1.807, 2.05) is 13.8 Å². The Kier molecular flexibility index (Phi) is 5.25. The number of primary amides is 1. The molecule has 1 atom stereocenters. The molecule has 1 amide bonds. The molecule has 0 bridgehead atoms. The molecule has 1 unspecified atom stereocenters. The van der Waals surface area contributed by atoms with Crippen LogP contribution in [0.1, 0.15) is 44.0 Å². The maximum Gasteiger partial charge on any atom is 0.234 e. The van der Waals surface area contributed by atoms with E-state index < -0.39 is 0 Å². The van der Waals surface area contributed by atoms with E-state index in [1.54, 1.807) is 0 Å². The van der Waals surface area contributed by atoms with Crippen LogP contribution in [0, 0.1) is 6.92 Å². The van der Waals surface area contributed by atoms with Crippen molar-refractivity contribution in [3.8, 4) is 0 Å².